The molecule has 5 heteroatoms. The van der Waals surface area contributed by atoms with E-state index >= 15 is 0 Å². The van der Waals surface area contributed by atoms with Gasteiger partial charge in [-0.05, 0) is 67.3 Å². The molecule has 21 heavy (non-hydrogen) atoms. The minimum atomic E-state index is 0.0501. The number of aryl methyl sites for hydroxylation is 1. The van der Waals surface area contributed by atoms with Crippen molar-refractivity contribution in [3.8, 4) is 0 Å². The molecular weight excluding hydrogens is 348 g/mol. The molecule has 1 aromatic rings. The fraction of sp³-hybridized carbons (Fsp3) is 0.688. The van der Waals surface area contributed by atoms with Gasteiger partial charge in [0.25, 0.3) is 5.91 Å². The Labute approximate surface area is 140 Å². The molecule has 1 aliphatic rings. The van der Waals surface area contributed by atoms with Gasteiger partial charge in [-0.25, -0.2) is 0 Å². The molecule has 3 nitrogen and oxygen atoms in total. The molecule has 0 atom stereocenters. The van der Waals surface area contributed by atoms with Gasteiger partial charge in [-0.3, -0.25) is 4.79 Å². The summed E-state index contributed by atoms with van der Waals surface area (Å²) in [6.45, 7) is 3.83. The second-order valence-corrected chi connectivity index (χ2v) is 8.32. The van der Waals surface area contributed by atoms with Gasteiger partial charge in [-0.15, -0.1) is 11.3 Å². The third-order valence-corrected chi connectivity index (χ3v) is 6.39. The van der Waals surface area contributed by atoms with E-state index in [0.29, 0.717) is 0 Å². The molecule has 0 saturated heterocycles. The van der Waals surface area contributed by atoms with Crippen LogP contribution in [0.1, 0.15) is 53.8 Å². The fourth-order valence-electron chi connectivity index (χ4n) is 2.89. The minimum absolute atomic E-state index is 0.0501. The molecule has 1 amide bonds. The molecule has 0 radical (unpaired) electrons. The van der Waals surface area contributed by atoms with Crippen LogP contribution in [0.25, 0.3) is 0 Å². The highest BCUT2D eigenvalue weighted by Gasteiger charge is 2.17. The number of halogens is 1. The van der Waals surface area contributed by atoms with Gasteiger partial charge in [-0.2, -0.15) is 0 Å². The van der Waals surface area contributed by atoms with Gasteiger partial charge in [0.1, 0.15) is 0 Å². The predicted molar refractivity (Wildman–Crippen MR) is 93.2 cm³/mol. The maximum Gasteiger partial charge on any atom is 0.261 e. The molecule has 0 aromatic carbocycles. The summed E-state index contributed by atoms with van der Waals surface area (Å²) in [5.74, 6) is 0.0501. The Morgan fingerprint density at radius 2 is 2.14 bits per heavy atom. The predicted octanol–water partition coefficient (Wildman–Crippen LogP) is 4.20. The van der Waals surface area contributed by atoms with Crippen LogP contribution in [0.3, 0.4) is 0 Å². The van der Waals surface area contributed by atoms with Crippen molar-refractivity contribution in [2.75, 3.05) is 20.1 Å². The van der Waals surface area contributed by atoms with E-state index in [1.807, 2.05) is 13.0 Å². The number of rotatable bonds is 6. The topological polar surface area (TPSA) is 32.3 Å². The summed E-state index contributed by atoms with van der Waals surface area (Å²) in [5.41, 5.74) is 1.13. The number of carbonyl (C=O) groups excluding carboxylic acids is 1. The lowest BCUT2D eigenvalue weighted by atomic mass is 9.94. The largest absolute Gasteiger partial charge is 0.351 e. The number of amides is 1. The van der Waals surface area contributed by atoms with E-state index in [9.17, 15) is 4.79 Å². The number of carbonyl (C=O) groups is 1. The zero-order valence-electron chi connectivity index (χ0n) is 13.0. The summed E-state index contributed by atoms with van der Waals surface area (Å²) in [6, 6.07) is 2.70. The first kappa shape index (κ1) is 17.0. The van der Waals surface area contributed by atoms with E-state index in [1.165, 1.54) is 43.4 Å². The molecular formula is C16H25BrN2OS. The van der Waals surface area contributed by atoms with Crippen molar-refractivity contribution in [1.29, 1.82) is 0 Å². The molecule has 1 aliphatic carbocycles. The number of hydrogen-bond acceptors (Lipinski definition) is 3. The Bertz CT molecular complexity index is 449. The van der Waals surface area contributed by atoms with Crippen LogP contribution in [-0.4, -0.2) is 37.0 Å². The number of nitrogens with one attached hydrogen (secondary N) is 1. The Hall–Kier alpha value is -0.390. The van der Waals surface area contributed by atoms with Crippen LogP contribution in [0.2, 0.25) is 0 Å². The zero-order chi connectivity index (χ0) is 15.2. The van der Waals surface area contributed by atoms with Gasteiger partial charge in [-0.1, -0.05) is 19.3 Å². The molecule has 1 aromatic heterocycles. The van der Waals surface area contributed by atoms with E-state index in [0.717, 1.165) is 39.8 Å². The molecule has 118 valence electrons. The third kappa shape index (κ3) is 5.08. The third-order valence-electron chi connectivity index (χ3n) is 4.25. The summed E-state index contributed by atoms with van der Waals surface area (Å²) < 4.78 is 1.05. The first-order valence-electron chi connectivity index (χ1n) is 7.82. The molecule has 1 fully saturated rings. The van der Waals surface area contributed by atoms with Crippen molar-refractivity contribution in [2.24, 2.45) is 0 Å². The summed E-state index contributed by atoms with van der Waals surface area (Å²) in [6.07, 6.45) is 7.84. The molecule has 0 spiro atoms. The molecule has 2 rings (SSSR count). The molecule has 1 N–H and O–H groups in total. The van der Waals surface area contributed by atoms with Gasteiger partial charge in [0.15, 0.2) is 0 Å². The number of thiophene rings is 1. The van der Waals surface area contributed by atoms with Crippen LogP contribution in [0.5, 0.6) is 0 Å². The molecule has 0 unspecified atom stereocenters. The molecule has 0 bridgehead atoms. The SMILES string of the molecule is Cc1cc(C(=O)NCCCN(C)C2CCCCC2)sc1Br. The number of nitrogens with zero attached hydrogens (tertiary/aromatic N) is 1. The van der Waals surface area contributed by atoms with Crippen molar-refractivity contribution >= 4 is 33.2 Å². The highest BCUT2D eigenvalue weighted by molar-refractivity contribution is 9.11. The lowest BCUT2D eigenvalue weighted by molar-refractivity contribution is 0.0954. The standard InChI is InChI=1S/C16H25BrN2OS/c1-12-11-14(21-15(12)17)16(20)18-9-6-10-19(2)13-7-4-3-5-8-13/h11,13H,3-10H2,1-2H3,(H,18,20). The Kier molecular flexibility index (Phi) is 6.71. The Balaban J connectivity index is 1.66. The van der Waals surface area contributed by atoms with E-state index in [-0.39, 0.29) is 5.91 Å². The van der Waals surface area contributed by atoms with Crippen molar-refractivity contribution in [1.82, 2.24) is 10.2 Å². The first-order chi connectivity index (χ1) is 10.1. The maximum atomic E-state index is 12.0. The van der Waals surface area contributed by atoms with Gasteiger partial charge in [0.05, 0.1) is 8.66 Å². The Morgan fingerprint density at radius 1 is 1.43 bits per heavy atom. The number of hydrogen-bond donors (Lipinski definition) is 1. The van der Waals surface area contributed by atoms with Crippen LogP contribution in [0.15, 0.2) is 9.85 Å². The van der Waals surface area contributed by atoms with Gasteiger partial charge >= 0.3 is 0 Å². The normalized spacial score (nSPS) is 16.4. The lowest BCUT2D eigenvalue weighted by Gasteiger charge is -2.31. The Morgan fingerprint density at radius 3 is 2.76 bits per heavy atom. The van der Waals surface area contributed by atoms with Gasteiger partial charge in [0.2, 0.25) is 0 Å². The maximum absolute atomic E-state index is 12.0. The van der Waals surface area contributed by atoms with Gasteiger partial charge < -0.3 is 10.2 Å². The van der Waals surface area contributed by atoms with Crippen molar-refractivity contribution in [3.63, 3.8) is 0 Å². The van der Waals surface area contributed by atoms with Crippen LogP contribution in [0.4, 0.5) is 0 Å². The van der Waals surface area contributed by atoms with Crippen molar-refractivity contribution in [3.05, 3.63) is 20.3 Å². The zero-order valence-corrected chi connectivity index (χ0v) is 15.4. The van der Waals surface area contributed by atoms with Crippen molar-refractivity contribution in [2.45, 2.75) is 51.5 Å². The van der Waals surface area contributed by atoms with Crippen LogP contribution < -0.4 is 5.32 Å². The summed E-state index contributed by atoms with van der Waals surface area (Å²) in [5, 5.41) is 3.02. The highest BCUT2D eigenvalue weighted by Crippen LogP contribution is 2.27. The van der Waals surface area contributed by atoms with Crippen LogP contribution in [-0.2, 0) is 0 Å². The molecule has 0 aliphatic heterocycles. The lowest BCUT2D eigenvalue weighted by Crippen LogP contribution is -2.35. The summed E-state index contributed by atoms with van der Waals surface area (Å²) in [7, 11) is 2.22. The fourth-order valence-corrected chi connectivity index (χ4v) is 4.34. The van der Waals surface area contributed by atoms with Crippen LogP contribution in [0, 0.1) is 6.92 Å². The average Bonchev–Trinajstić information content (AvgIpc) is 2.84. The molecule has 1 heterocycles. The first-order valence-corrected chi connectivity index (χ1v) is 9.43. The average molecular weight is 373 g/mol. The van der Waals surface area contributed by atoms with E-state index in [1.54, 1.807) is 0 Å². The summed E-state index contributed by atoms with van der Waals surface area (Å²) >= 11 is 4.96. The second-order valence-electron chi connectivity index (χ2n) is 5.95. The van der Waals surface area contributed by atoms with E-state index < -0.39 is 0 Å². The van der Waals surface area contributed by atoms with E-state index in [4.69, 9.17) is 0 Å². The quantitative estimate of drug-likeness (QED) is 0.758. The summed E-state index contributed by atoms with van der Waals surface area (Å²) in [4.78, 5) is 15.3. The smallest absolute Gasteiger partial charge is 0.261 e. The minimum Gasteiger partial charge on any atom is -0.351 e. The van der Waals surface area contributed by atoms with E-state index in [2.05, 4.69) is 33.2 Å². The second kappa shape index (κ2) is 8.30. The van der Waals surface area contributed by atoms with Crippen molar-refractivity contribution < 1.29 is 4.79 Å². The molecule has 1 saturated carbocycles. The monoisotopic (exact) mass is 372 g/mol. The van der Waals surface area contributed by atoms with Gasteiger partial charge in [0, 0.05) is 12.6 Å². The highest BCUT2D eigenvalue weighted by atomic mass is 79.9. The van der Waals surface area contributed by atoms with Crippen LogP contribution >= 0.6 is 27.3 Å².